The van der Waals surface area contributed by atoms with E-state index in [9.17, 15) is 4.79 Å². The van der Waals surface area contributed by atoms with Crippen LogP contribution in [0, 0.1) is 12.8 Å². The summed E-state index contributed by atoms with van der Waals surface area (Å²) in [4.78, 5) is 22.3. The highest BCUT2D eigenvalue weighted by Crippen LogP contribution is 2.52. The van der Waals surface area contributed by atoms with Gasteiger partial charge in [-0.1, -0.05) is 65.8 Å². The molecule has 2 bridgehead atoms. The van der Waals surface area contributed by atoms with E-state index in [-0.39, 0.29) is 11.8 Å². The topological polar surface area (TPSA) is 60.8 Å². The van der Waals surface area contributed by atoms with Crippen molar-refractivity contribution in [1.82, 2.24) is 4.98 Å². The van der Waals surface area contributed by atoms with Gasteiger partial charge in [0.25, 0.3) is 0 Å². The van der Waals surface area contributed by atoms with Crippen LogP contribution in [0.25, 0.3) is 0 Å². The number of aromatic nitrogens is 1. The van der Waals surface area contributed by atoms with Crippen LogP contribution in [0.15, 0.2) is 95.0 Å². The maximum Gasteiger partial charge on any atom is 0.520 e. The van der Waals surface area contributed by atoms with Gasteiger partial charge in [0.1, 0.15) is 11.3 Å². The monoisotopic (exact) mass is 464 g/mol. The lowest BCUT2D eigenvalue weighted by atomic mass is 9.63. The molecule has 0 fully saturated rings. The van der Waals surface area contributed by atoms with E-state index in [1.807, 2.05) is 49.5 Å². The minimum Gasteiger partial charge on any atom is -0.395 e. The Hall–Kier alpha value is -3.99. The second-order valence-corrected chi connectivity index (χ2v) is 9.18. The number of nitrogens with zero attached hydrogens (tertiary/aromatic N) is 2. The zero-order chi connectivity index (χ0) is 24.4. The Morgan fingerprint density at radius 3 is 2.54 bits per heavy atom. The SMILES string of the molecule is C/C=C1\C2C=C(C)CC1(/N=C/c1ccccc1)c1ccc(OC(=O)Oc3ccc(C)cc3)nc1C2. The third-order valence-electron chi connectivity index (χ3n) is 6.66. The highest BCUT2D eigenvalue weighted by atomic mass is 16.7. The first-order valence-electron chi connectivity index (χ1n) is 11.9. The second kappa shape index (κ2) is 9.34. The summed E-state index contributed by atoms with van der Waals surface area (Å²) in [6.07, 6.45) is 7.18. The summed E-state index contributed by atoms with van der Waals surface area (Å²) < 4.78 is 10.7. The molecule has 0 saturated carbocycles. The number of aryl methyl sites for hydroxylation is 1. The van der Waals surface area contributed by atoms with E-state index in [4.69, 9.17) is 19.5 Å². The van der Waals surface area contributed by atoms with E-state index in [0.29, 0.717) is 5.75 Å². The maximum absolute atomic E-state index is 12.4. The number of allylic oxidation sites excluding steroid dienone is 2. The van der Waals surface area contributed by atoms with Crippen molar-refractivity contribution >= 4 is 12.4 Å². The van der Waals surface area contributed by atoms with Gasteiger partial charge in [-0.15, -0.1) is 0 Å². The molecule has 5 nitrogen and oxygen atoms in total. The minimum atomic E-state index is -0.806. The Kier molecular flexibility index (Phi) is 6.08. The molecule has 176 valence electrons. The van der Waals surface area contributed by atoms with Gasteiger partial charge in [0, 0.05) is 36.6 Å². The average Bonchev–Trinajstić information content (AvgIpc) is 2.84. The van der Waals surface area contributed by atoms with Gasteiger partial charge in [0.2, 0.25) is 5.88 Å². The van der Waals surface area contributed by atoms with E-state index in [0.717, 1.165) is 35.2 Å². The first-order chi connectivity index (χ1) is 17.0. The summed E-state index contributed by atoms with van der Waals surface area (Å²) in [7, 11) is 0. The predicted octanol–water partition coefficient (Wildman–Crippen LogP) is 6.75. The van der Waals surface area contributed by atoms with Gasteiger partial charge in [-0.3, -0.25) is 4.99 Å². The van der Waals surface area contributed by atoms with Crippen LogP contribution >= 0.6 is 0 Å². The third kappa shape index (κ3) is 4.54. The molecule has 2 unspecified atom stereocenters. The van der Waals surface area contributed by atoms with Gasteiger partial charge in [-0.2, -0.15) is 0 Å². The lowest BCUT2D eigenvalue weighted by Crippen LogP contribution is -2.40. The third-order valence-corrected chi connectivity index (χ3v) is 6.66. The van der Waals surface area contributed by atoms with E-state index in [2.05, 4.69) is 38.1 Å². The van der Waals surface area contributed by atoms with E-state index in [1.54, 1.807) is 18.2 Å². The summed E-state index contributed by atoms with van der Waals surface area (Å²) in [5.41, 5.74) is 6.18. The van der Waals surface area contributed by atoms with Gasteiger partial charge < -0.3 is 9.47 Å². The number of ether oxygens (including phenoxy) is 2. The zero-order valence-electron chi connectivity index (χ0n) is 20.2. The fraction of sp³-hybridized carbons (Fsp3) is 0.233. The van der Waals surface area contributed by atoms with Crippen LogP contribution in [0.5, 0.6) is 11.6 Å². The quantitative estimate of drug-likeness (QED) is 0.185. The molecular formula is C30H28N2O3. The molecule has 35 heavy (non-hydrogen) atoms. The molecule has 0 aliphatic heterocycles. The predicted molar refractivity (Wildman–Crippen MR) is 137 cm³/mol. The van der Waals surface area contributed by atoms with Crippen LogP contribution in [0.1, 0.15) is 42.7 Å². The largest absolute Gasteiger partial charge is 0.520 e. The second-order valence-electron chi connectivity index (χ2n) is 9.18. The van der Waals surface area contributed by atoms with Crippen LogP contribution in [-0.4, -0.2) is 17.4 Å². The number of fused-ring (bicyclic) bond motifs is 4. The number of benzene rings is 2. The van der Waals surface area contributed by atoms with E-state index in [1.165, 1.54) is 11.1 Å². The lowest BCUT2D eigenvalue weighted by molar-refractivity contribution is 0.150. The van der Waals surface area contributed by atoms with Crippen LogP contribution in [0.2, 0.25) is 0 Å². The van der Waals surface area contributed by atoms with Crippen molar-refractivity contribution in [3.05, 3.63) is 112 Å². The first kappa shape index (κ1) is 22.8. The fourth-order valence-electron chi connectivity index (χ4n) is 5.18. The van der Waals surface area contributed by atoms with Crippen molar-refractivity contribution in [3.63, 3.8) is 0 Å². The summed E-state index contributed by atoms with van der Waals surface area (Å²) in [5.74, 6) is 0.864. The molecule has 2 aliphatic carbocycles. The minimum absolute atomic E-state index is 0.205. The van der Waals surface area contributed by atoms with Crippen molar-refractivity contribution in [1.29, 1.82) is 0 Å². The Morgan fingerprint density at radius 1 is 1.03 bits per heavy atom. The molecule has 0 spiro atoms. The summed E-state index contributed by atoms with van der Waals surface area (Å²) in [6.45, 7) is 6.23. The standard InChI is InChI=1S/C30H28N2O3/c1-4-25-23-16-21(3)18-30(25,31-19-22-8-6-5-7-9-22)26-14-15-28(32-27(26)17-23)35-29(33)34-24-12-10-20(2)11-13-24/h4-16,19,23H,17-18H2,1-3H3/b25-4+,31-19+. The zero-order valence-corrected chi connectivity index (χ0v) is 20.2. The van der Waals surface area contributed by atoms with Crippen molar-refractivity contribution in [3.8, 4) is 11.6 Å². The molecule has 1 aromatic heterocycles. The number of pyridine rings is 1. The van der Waals surface area contributed by atoms with E-state index < -0.39 is 11.7 Å². The van der Waals surface area contributed by atoms with Gasteiger partial charge in [-0.25, -0.2) is 9.78 Å². The molecule has 1 heterocycles. The van der Waals surface area contributed by atoms with Crippen LogP contribution < -0.4 is 9.47 Å². The number of hydrogen-bond acceptors (Lipinski definition) is 5. The van der Waals surface area contributed by atoms with Gasteiger partial charge in [0.05, 0.1) is 5.69 Å². The molecule has 3 aromatic rings. The molecule has 0 amide bonds. The van der Waals surface area contributed by atoms with Crippen molar-refractivity contribution in [2.24, 2.45) is 10.9 Å². The number of carbonyl (C=O) groups excluding carboxylic acids is 1. The van der Waals surface area contributed by atoms with Crippen LogP contribution in [-0.2, 0) is 12.0 Å². The average molecular weight is 465 g/mol. The van der Waals surface area contributed by atoms with E-state index >= 15 is 0 Å². The first-order valence-corrected chi connectivity index (χ1v) is 11.9. The number of aliphatic imine (C=N–C) groups is 1. The summed E-state index contributed by atoms with van der Waals surface area (Å²) >= 11 is 0. The molecule has 0 saturated heterocycles. The highest BCUT2D eigenvalue weighted by Gasteiger charge is 2.46. The van der Waals surface area contributed by atoms with Crippen LogP contribution in [0.4, 0.5) is 4.79 Å². The molecule has 5 rings (SSSR count). The Bertz CT molecular complexity index is 1340. The van der Waals surface area contributed by atoms with Crippen molar-refractivity contribution in [2.45, 2.75) is 39.2 Å². The number of hydrogen-bond donors (Lipinski definition) is 0. The van der Waals surface area contributed by atoms with Crippen LogP contribution in [0.3, 0.4) is 0 Å². The van der Waals surface area contributed by atoms with Crippen molar-refractivity contribution < 1.29 is 14.3 Å². The molecule has 0 N–H and O–H groups in total. The molecule has 5 heteroatoms. The van der Waals surface area contributed by atoms with Gasteiger partial charge in [0.15, 0.2) is 0 Å². The number of carbonyl (C=O) groups is 1. The molecule has 2 aliphatic rings. The normalized spacial score (nSPS) is 22.0. The molecule has 0 radical (unpaired) electrons. The number of rotatable bonds is 4. The Morgan fingerprint density at radius 2 is 1.80 bits per heavy atom. The summed E-state index contributed by atoms with van der Waals surface area (Å²) in [6, 6.07) is 21.1. The fourth-order valence-corrected chi connectivity index (χ4v) is 5.18. The Balaban J connectivity index is 1.47. The maximum atomic E-state index is 12.4. The smallest absolute Gasteiger partial charge is 0.395 e. The van der Waals surface area contributed by atoms with Crippen molar-refractivity contribution in [2.75, 3.05) is 0 Å². The molecule has 2 atom stereocenters. The molecular weight excluding hydrogens is 436 g/mol. The van der Waals surface area contributed by atoms with Gasteiger partial charge in [-0.05, 0) is 50.1 Å². The lowest BCUT2D eigenvalue weighted by Gasteiger charge is -2.45. The summed E-state index contributed by atoms with van der Waals surface area (Å²) in [5, 5.41) is 0. The molecule has 2 aromatic carbocycles. The Labute approximate surface area is 205 Å². The van der Waals surface area contributed by atoms with Gasteiger partial charge >= 0.3 is 6.16 Å². The highest BCUT2D eigenvalue weighted by molar-refractivity contribution is 5.80.